The molecule has 11 heavy (non-hydrogen) atoms. The summed E-state index contributed by atoms with van der Waals surface area (Å²) in [4.78, 5) is 3.11. The average molecular weight is 153 g/mol. The Labute approximate surface area is 67.0 Å². The van der Waals surface area contributed by atoms with E-state index in [2.05, 4.69) is 23.3 Å². The van der Waals surface area contributed by atoms with Crippen molar-refractivity contribution in [2.75, 3.05) is 7.05 Å². The molecule has 1 aromatic heterocycles. The van der Waals surface area contributed by atoms with E-state index in [0.29, 0.717) is 12.6 Å². The first kappa shape index (κ1) is 8.30. The number of rotatable bonds is 3. The van der Waals surface area contributed by atoms with Crippen molar-refractivity contribution >= 4 is 0 Å². The van der Waals surface area contributed by atoms with Crippen LogP contribution >= 0.6 is 0 Å². The van der Waals surface area contributed by atoms with E-state index in [4.69, 9.17) is 5.73 Å². The van der Waals surface area contributed by atoms with Crippen LogP contribution in [0.15, 0.2) is 12.3 Å². The molecule has 1 aromatic rings. The topological polar surface area (TPSA) is 53.8 Å². The molecule has 1 atom stereocenters. The van der Waals surface area contributed by atoms with Crippen LogP contribution in [0.5, 0.6) is 0 Å². The molecule has 0 saturated heterocycles. The fourth-order valence-electron chi connectivity index (χ4n) is 0.995. The van der Waals surface area contributed by atoms with E-state index in [1.807, 2.05) is 13.2 Å². The van der Waals surface area contributed by atoms with Crippen molar-refractivity contribution < 1.29 is 0 Å². The van der Waals surface area contributed by atoms with Gasteiger partial charge >= 0.3 is 0 Å². The highest BCUT2D eigenvalue weighted by atomic mass is 14.9. The normalized spacial score (nSPS) is 13.4. The fourth-order valence-corrected chi connectivity index (χ4v) is 0.995. The largest absolute Gasteiger partial charge is 0.364 e. The van der Waals surface area contributed by atoms with E-state index in [1.165, 1.54) is 5.56 Å². The summed E-state index contributed by atoms with van der Waals surface area (Å²) in [5.41, 5.74) is 7.80. The summed E-state index contributed by atoms with van der Waals surface area (Å²) >= 11 is 0. The molecule has 1 heterocycles. The van der Waals surface area contributed by atoms with E-state index in [1.54, 1.807) is 0 Å². The molecule has 0 amide bonds. The molecule has 0 bridgehead atoms. The van der Waals surface area contributed by atoms with Gasteiger partial charge in [-0.3, -0.25) is 0 Å². The Kier molecular flexibility index (Phi) is 2.68. The summed E-state index contributed by atoms with van der Waals surface area (Å²) < 4.78 is 0. The van der Waals surface area contributed by atoms with E-state index in [-0.39, 0.29) is 0 Å². The highest BCUT2D eigenvalue weighted by molar-refractivity contribution is 5.19. The van der Waals surface area contributed by atoms with E-state index in [0.717, 1.165) is 5.69 Å². The lowest BCUT2D eigenvalue weighted by Crippen LogP contribution is -2.11. The van der Waals surface area contributed by atoms with E-state index >= 15 is 0 Å². The van der Waals surface area contributed by atoms with Gasteiger partial charge < -0.3 is 16.0 Å². The van der Waals surface area contributed by atoms with Crippen molar-refractivity contribution in [3.63, 3.8) is 0 Å². The van der Waals surface area contributed by atoms with E-state index < -0.39 is 0 Å². The van der Waals surface area contributed by atoms with Gasteiger partial charge in [-0.05, 0) is 25.6 Å². The van der Waals surface area contributed by atoms with Gasteiger partial charge in [-0.2, -0.15) is 0 Å². The molecule has 0 saturated carbocycles. The Morgan fingerprint density at radius 2 is 2.45 bits per heavy atom. The molecule has 1 unspecified atom stereocenters. The average Bonchev–Trinajstić information content (AvgIpc) is 2.50. The van der Waals surface area contributed by atoms with Gasteiger partial charge in [0.05, 0.1) is 0 Å². The third kappa shape index (κ3) is 1.82. The number of aromatic amines is 1. The molecule has 62 valence electrons. The van der Waals surface area contributed by atoms with Crippen LogP contribution < -0.4 is 11.1 Å². The minimum Gasteiger partial charge on any atom is -0.364 e. The van der Waals surface area contributed by atoms with Crippen molar-refractivity contribution in [2.24, 2.45) is 5.73 Å². The summed E-state index contributed by atoms with van der Waals surface area (Å²) in [5.74, 6) is 0. The predicted octanol–water partition coefficient (Wildman–Crippen LogP) is 0.754. The maximum absolute atomic E-state index is 5.45. The number of H-pyrrole nitrogens is 1. The Morgan fingerprint density at radius 1 is 1.73 bits per heavy atom. The van der Waals surface area contributed by atoms with Gasteiger partial charge in [-0.1, -0.05) is 0 Å². The van der Waals surface area contributed by atoms with Crippen molar-refractivity contribution in [3.05, 3.63) is 23.5 Å². The molecule has 3 heteroatoms. The van der Waals surface area contributed by atoms with Crippen molar-refractivity contribution in [1.29, 1.82) is 0 Å². The van der Waals surface area contributed by atoms with Crippen LogP contribution in [0.2, 0.25) is 0 Å². The molecule has 0 aliphatic heterocycles. The maximum atomic E-state index is 5.45. The molecular weight excluding hydrogens is 138 g/mol. The zero-order chi connectivity index (χ0) is 8.27. The first-order valence-electron chi connectivity index (χ1n) is 3.82. The summed E-state index contributed by atoms with van der Waals surface area (Å²) in [6, 6.07) is 2.48. The summed E-state index contributed by atoms with van der Waals surface area (Å²) in [7, 11) is 1.94. The van der Waals surface area contributed by atoms with Gasteiger partial charge in [0.15, 0.2) is 0 Å². The van der Waals surface area contributed by atoms with Gasteiger partial charge in [-0.15, -0.1) is 0 Å². The van der Waals surface area contributed by atoms with Gasteiger partial charge in [0.2, 0.25) is 0 Å². The Morgan fingerprint density at radius 3 is 2.91 bits per heavy atom. The second-order valence-electron chi connectivity index (χ2n) is 2.67. The first-order valence-corrected chi connectivity index (χ1v) is 3.82. The first-order chi connectivity index (χ1) is 5.27. The zero-order valence-corrected chi connectivity index (χ0v) is 7.02. The number of nitrogens with two attached hydrogens (primary N) is 1. The SMILES string of the molecule is CNC(C)c1c[nH]c(CN)c1. The second kappa shape index (κ2) is 3.55. The predicted molar refractivity (Wildman–Crippen MR) is 46.2 cm³/mol. The summed E-state index contributed by atoms with van der Waals surface area (Å²) in [6.07, 6.45) is 1.99. The van der Waals surface area contributed by atoms with Crippen LogP contribution in [0.4, 0.5) is 0 Å². The molecule has 4 N–H and O–H groups in total. The molecule has 1 rings (SSSR count). The summed E-state index contributed by atoms with van der Waals surface area (Å²) in [6.45, 7) is 2.69. The minimum absolute atomic E-state index is 0.395. The van der Waals surface area contributed by atoms with Gasteiger partial charge in [0.25, 0.3) is 0 Å². The van der Waals surface area contributed by atoms with E-state index in [9.17, 15) is 0 Å². The van der Waals surface area contributed by atoms with Gasteiger partial charge in [0.1, 0.15) is 0 Å². The molecule has 0 aliphatic carbocycles. The number of hydrogen-bond acceptors (Lipinski definition) is 2. The monoisotopic (exact) mass is 153 g/mol. The molecule has 0 fully saturated rings. The third-order valence-corrected chi connectivity index (χ3v) is 1.92. The molecule has 0 aromatic carbocycles. The molecule has 0 aliphatic rings. The Hall–Kier alpha value is -0.800. The standard InChI is InChI=1S/C8H15N3/c1-6(10-2)7-3-8(4-9)11-5-7/h3,5-6,10-11H,4,9H2,1-2H3. The van der Waals surface area contributed by atoms with Crippen LogP contribution in [0.1, 0.15) is 24.2 Å². The maximum Gasteiger partial charge on any atom is 0.0332 e. The molecular formula is C8H15N3. The number of hydrogen-bond donors (Lipinski definition) is 3. The number of nitrogens with one attached hydrogen (secondary N) is 2. The second-order valence-corrected chi connectivity index (χ2v) is 2.67. The number of aromatic nitrogens is 1. The molecule has 0 spiro atoms. The van der Waals surface area contributed by atoms with Crippen LogP contribution in [0.3, 0.4) is 0 Å². The lowest BCUT2D eigenvalue weighted by atomic mass is 10.2. The fraction of sp³-hybridized carbons (Fsp3) is 0.500. The van der Waals surface area contributed by atoms with Crippen LogP contribution in [0, 0.1) is 0 Å². The Balaban J connectivity index is 2.71. The van der Waals surface area contributed by atoms with Crippen molar-refractivity contribution in [1.82, 2.24) is 10.3 Å². The molecule has 0 radical (unpaired) electrons. The lowest BCUT2D eigenvalue weighted by Gasteiger charge is -2.05. The zero-order valence-electron chi connectivity index (χ0n) is 7.02. The highest BCUT2D eigenvalue weighted by Crippen LogP contribution is 2.11. The molecule has 3 nitrogen and oxygen atoms in total. The smallest absolute Gasteiger partial charge is 0.0332 e. The van der Waals surface area contributed by atoms with Crippen molar-refractivity contribution in [3.8, 4) is 0 Å². The van der Waals surface area contributed by atoms with Crippen LogP contribution in [-0.4, -0.2) is 12.0 Å². The van der Waals surface area contributed by atoms with Crippen LogP contribution in [-0.2, 0) is 6.54 Å². The quantitative estimate of drug-likeness (QED) is 0.600. The minimum atomic E-state index is 0.395. The van der Waals surface area contributed by atoms with Gasteiger partial charge in [-0.25, -0.2) is 0 Å². The van der Waals surface area contributed by atoms with Crippen LogP contribution in [0.25, 0.3) is 0 Å². The lowest BCUT2D eigenvalue weighted by molar-refractivity contribution is 0.653. The Bertz CT molecular complexity index is 217. The highest BCUT2D eigenvalue weighted by Gasteiger charge is 2.03. The van der Waals surface area contributed by atoms with Gasteiger partial charge in [0, 0.05) is 24.5 Å². The van der Waals surface area contributed by atoms with Crippen molar-refractivity contribution in [2.45, 2.75) is 19.5 Å². The summed E-state index contributed by atoms with van der Waals surface area (Å²) in [5, 5.41) is 3.16. The third-order valence-electron chi connectivity index (χ3n) is 1.92.